The molecule has 0 aliphatic heterocycles. The Hall–Kier alpha value is -2.72. The molecular formula is C26H29Br2N3O5. The summed E-state index contributed by atoms with van der Waals surface area (Å²) in [6, 6.07) is 8.86. The van der Waals surface area contributed by atoms with Crippen LogP contribution in [0.3, 0.4) is 0 Å². The van der Waals surface area contributed by atoms with E-state index in [2.05, 4.69) is 37.0 Å². The Balaban J connectivity index is 2.02. The third-order valence-electron chi connectivity index (χ3n) is 5.27. The maximum Gasteiger partial charge on any atom is 0.344 e. The standard InChI is InChI=1S/C26H29Br2N3O5/c1-6-16(5)25-30-21-9-8-18(27)11-19(21)26(33)31(25)29-13-17-10-22(34-7-2)23(12-20(17)28)35-14-24(32)36-15(3)4/h8-13,15-16H,6-7,14H2,1-5H3/t16-/m1/s1. The van der Waals surface area contributed by atoms with E-state index in [1.807, 2.05) is 32.9 Å². The van der Waals surface area contributed by atoms with Gasteiger partial charge in [0, 0.05) is 20.4 Å². The number of benzene rings is 2. The van der Waals surface area contributed by atoms with Crippen LogP contribution in [0.2, 0.25) is 0 Å². The molecule has 1 aromatic heterocycles. The summed E-state index contributed by atoms with van der Waals surface area (Å²) in [6.45, 7) is 9.60. The first-order chi connectivity index (χ1) is 17.1. The monoisotopic (exact) mass is 621 g/mol. The van der Waals surface area contributed by atoms with E-state index in [4.69, 9.17) is 19.2 Å². The fourth-order valence-electron chi connectivity index (χ4n) is 3.36. The highest BCUT2D eigenvalue weighted by Crippen LogP contribution is 2.33. The van der Waals surface area contributed by atoms with Crippen molar-refractivity contribution < 1.29 is 19.0 Å². The summed E-state index contributed by atoms with van der Waals surface area (Å²) in [4.78, 5) is 30.0. The van der Waals surface area contributed by atoms with Crippen LogP contribution in [0.15, 0.2) is 49.2 Å². The molecule has 0 saturated carbocycles. The van der Waals surface area contributed by atoms with Crippen molar-refractivity contribution >= 4 is 54.9 Å². The molecular weight excluding hydrogens is 594 g/mol. The van der Waals surface area contributed by atoms with Gasteiger partial charge < -0.3 is 14.2 Å². The Morgan fingerprint density at radius 2 is 1.83 bits per heavy atom. The molecule has 1 atom stereocenters. The van der Waals surface area contributed by atoms with Gasteiger partial charge in [-0.2, -0.15) is 9.78 Å². The quantitative estimate of drug-likeness (QED) is 0.202. The number of nitrogens with zero attached hydrogens (tertiary/aromatic N) is 3. The summed E-state index contributed by atoms with van der Waals surface area (Å²) in [5.41, 5.74) is 1.03. The van der Waals surface area contributed by atoms with Crippen molar-refractivity contribution in [3.63, 3.8) is 0 Å². The van der Waals surface area contributed by atoms with Crippen molar-refractivity contribution in [2.75, 3.05) is 13.2 Å². The topological polar surface area (TPSA) is 92.0 Å². The first kappa shape index (κ1) is 27.9. The molecule has 192 valence electrons. The zero-order valence-electron chi connectivity index (χ0n) is 20.9. The van der Waals surface area contributed by atoms with Gasteiger partial charge in [0.2, 0.25) is 0 Å². The molecule has 0 spiro atoms. The van der Waals surface area contributed by atoms with E-state index in [1.165, 1.54) is 4.68 Å². The van der Waals surface area contributed by atoms with Gasteiger partial charge in [0.1, 0.15) is 5.82 Å². The first-order valence-electron chi connectivity index (χ1n) is 11.7. The van der Waals surface area contributed by atoms with Crippen LogP contribution in [0.5, 0.6) is 11.5 Å². The van der Waals surface area contributed by atoms with Crippen LogP contribution in [-0.4, -0.2) is 41.2 Å². The van der Waals surface area contributed by atoms with E-state index in [1.54, 1.807) is 38.3 Å². The normalized spacial score (nSPS) is 12.3. The molecule has 36 heavy (non-hydrogen) atoms. The van der Waals surface area contributed by atoms with Crippen LogP contribution in [0.25, 0.3) is 10.9 Å². The molecule has 0 N–H and O–H groups in total. The molecule has 0 saturated heterocycles. The van der Waals surface area contributed by atoms with E-state index in [0.29, 0.717) is 44.9 Å². The van der Waals surface area contributed by atoms with Crippen LogP contribution in [0.1, 0.15) is 58.3 Å². The van der Waals surface area contributed by atoms with Gasteiger partial charge in [0.15, 0.2) is 18.1 Å². The molecule has 3 aromatic rings. The van der Waals surface area contributed by atoms with E-state index in [0.717, 1.165) is 10.9 Å². The second kappa shape index (κ2) is 12.5. The van der Waals surface area contributed by atoms with Crippen molar-refractivity contribution in [2.45, 2.75) is 53.1 Å². The van der Waals surface area contributed by atoms with Gasteiger partial charge in [-0.25, -0.2) is 9.78 Å². The van der Waals surface area contributed by atoms with Crippen LogP contribution in [-0.2, 0) is 9.53 Å². The Kier molecular flexibility index (Phi) is 9.67. The second-order valence-electron chi connectivity index (χ2n) is 8.38. The molecule has 0 unspecified atom stereocenters. The molecule has 2 aromatic carbocycles. The summed E-state index contributed by atoms with van der Waals surface area (Å²) in [5.74, 6) is 0.956. The lowest BCUT2D eigenvalue weighted by Gasteiger charge is -2.15. The lowest BCUT2D eigenvalue weighted by atomic mass is 10.1. The second-order valence-corrected chi connectivity index (χ2v) is 10.2. The van der Waals surface area contributed by atoms with Gasteiger partial charge >= 0.3 is 5.97 Å². The van der Waals surface area contributed by atoms with Crippen molar-refractivity contribution in [1.82, 2.24) is 9.66 Å². The third-order valence-corrected chi connectivity index (χ3v) is 6.45. The molecule has 0 fully saturated rings. The number of fused-ring (bicyclic) bond motifs is 1. The molecule has 0 amide bonds. The summed E-state index contributed by atoms with van der Waals surface area (Å²) < 4.78 is 19.3. The van der Waals surface area contributed by atoms with Gasteiger partial charge in [-0.3, -0.25) is 4.79 Å². The predicted octanol–water partition coefficient (Wildman–Crippen LogP) is 6.05. The number of ether oxygens (including phenoxy) is 3. The highest BCUT2D eigenvalue weighted by atomic mass is 79.9. The molecule has 0 aliphatic carbocycles. The highest BCUT2D eigenvalue weighted by Gasteiger charge is 2.17. The lowest BCUT2D eigenvalue weighted by Crippen LogP contribution is -2.23. The number of carbonyl (C=O) groups is 1. The van der Waals surface area contributed by atoms with Gasteiger partial charge in [-0.15, -0.1) is 0 Å². The molecule has 1 heterocycles. The molecule has 10 heteroatoms. The zero-order chi connectivity index (χ0) is 26.4. The van der Waals surface area contributed by atoms with Crippen LogP contribution in [0, 0.1) is 0 Å². The largest absolute Gasteiger partial charge is 0.490 e. The number of esters is 1. The fraction of sp³-hybridized carbons (Fsp3) is 0.385. The fourth-order valence-corrected chi connectivity index (χ4v) is 4.15. The Morgan fingerprint density at radius 3 is 2.50 bits per heavy atom. The van der Waals surface area contributed by atoms with Crippen molar-refractivity contribution in [1.29, 1.82) is 0 Å². The van der Waals surface area contributed by atoms with Gasteiger partial charge in [0.25, 0.3) is 5.56 Å². The number of rotatable bonds is 10. The third kappa shape index (κ3) is 6.73. The lowest BCUT2D eigenvalue weighted by molar-refractivity contribution is -0.149. The number of aromatic nitrogens is 2. The van der Waals surface area contributed by atoms with Gasteiger partial charge in [0.05, 0.1) is 29.8 Å². The number of halogens is 2. The van der Waals surface area contributed by atoms with Crippen LogP contribution >= 0.6 is 31.9 Å². The minimum Gasteiger partial charge on any atom is -0.490 e. The predicted molar refractivity (Wildman–Crippen MR) is 147 cm³/mol. The average Bonchev–Trinajstić information content (AvgIpc) is 2.83. The summed E-state index contributed by atoms with van der Waals surface area (Å²) in [5, 5.41) is 5.00. The van der Waals surface area contributed by atoms with Gasteiger partial charge in [-0.1, -0.05) is 29.8 Å². The highest BCUT2D eigenvalue weighted by molar-refractivity contribution is 9.10. The number of carbonyl (C=O) groups excluding carboxylic acids is 1. The zero-order valence-corrected chi connectivity index (χ0v) is 24.1. The minimum atomic E-state index is -0.471. The number of hydrogen-bond donors (Lipinski definition) is 0. The van der Waals surface area contributed by atoms with Gasteiger partial charge in [-0.05, 0) is 73.5 Å². The SMILES string of the molecule is CCOc1cc(C=Nn2c([C@H](C)CC)nc3ccc(Br)cc3c2=O)c(Br)cc1OCC(=O)OC(C)C. The molecule has 0 radical (unpaired) electrons. The summed E-state index contributed by atoms with van der Waals surface area (Å²) in [7, 11) is 0. The minimum absolute atomic E-state index is 0.0201. The molecule has 0 aliphatic rings. The van der Waals surface area contributed by atoms with Crippen LogP contribution in [0.4, 0.5) is 0 Å². The van der Waals surface area contributed by atoms with E-state index in [9.17, 15) is 9.59 Å². The Morgan fingerprint density at radius 1 is 1.11 bits per heavy atom. The maximum atomic E-state index is 13.4. The van der Waals surface area contributed by atoms with Crippen molar-refractivity contribution in [3.8, 4) is 11.5 Å². The van der Waals surface area contributed by atoms with E-state index < -0.39 is 5.97 Å². The molecule has 3 rings (SSSR count). The molecule has 8 nitrogen and oxygen atoms in total. The first-order valence-corrected chi connectivity index (χ1v) is 13.3. The van der Waals surface area contributed by atoms with E-state index in [-0.39, 0.29) is 24.2 Å². The van der Waals surface area contributed by atoms with Crippen molar-refractivity contribution in [2.24, 2.45) is 5.10 Å². The Bertz CT molecular complexity index is 1340. The summed E-state index contributed by atoms with van der Waals surface area (Å²) >= 11 is 6.95. The van der Waals surface area contributed by atoms with Crippen LogP contribution < -0.4 is 15.0 Å². The summed E-state index contributed by atoms with van der Waals surface area (Å²) in [6.07, 6.45) is 2.14. The average molecular weight is 623 g/mol. The van der Waals surface area contributed by atoms with Crippen molar-refractivity contribution in [3.05, 3.63) is 61.0 Å². The van der Waals surface area contributed by atoms with E-state index >= 15 is 0 Å². The Labute approximate surface area is 226 Å². The number of hydrogen-bond acceptors (Lipinski definition) is 7. The smallest absolute Gasteiger partial charge is 0.344 e. The molecule has 0 bridgehead atoms. The maximum absolute atomic E-state index is 13.4.